The smallest absolute Gasteiger partial charge is 0.261 e. The number of amides is 1. The molecule has 0 radical (unpaired) electrons. The van der Waals surface area contributed by atoms with Crippen molar-refractivity contribution in [3.05, 3.63) is 54.1 Å². The van der Waals surface area contributed by atoms with Crippen molar-refractivity contribution in [3.63, 3.8) is 0 Å². The number of ether oxygens (including phenoxy) is 1. The Morgan fingerprint density at radius 1 is 1.11 bits per heavy atom. The first-order valence-corrected chi connectivity index (χ1v) is 9.59. The van der Waals surface area contributed by atoms with Crippen LogP contribution >= 0.6 is 12.4 Å². The maximum absolute atomic E-state index is 12.5. The second-order valence-electron chi connectivity index (χ2n) is 5.67. The van der Waals surface area contributed by atoms with Gasteiger partial charge < -0.3 is 15.4 Å². The van der Waals surface area contributed by atoms with E-state index in [4.69, 9.17) is 4.74 Å². The summed E-state index contributed by atoms with van der Waals surface area (Å²) in [5.74, 6) is -0.221. The largest absolute Gasteiger partial charge is 0.383 e. The maximum atomic E-state index is 12.5. The molecule has 9 heteroatoms. The monoisotopic (exact) mass is 413 g/mol. The topological polar surface area (TPSA) is 96.5 Å². The van der Waals surface area contributed by atoms with Crippen molar-refractivity contribution in [1.82, 2.24) is 5.32 Å². The van der Waals surface area contributed by atoms with E-state index in [2.05, 4.69) is 15.4 Å². The predicted octanol–water partition coefficient (Wildman–Crippen LogP) is 2.39. The molecule has 0 bridgehead atoms. The Morgan fingerprint density at radius 3 is 2.48 bits per heavy atom. The number of benzene rings is 2. The molecule has 0 aliphatic carbocycles. The Bertz CT molecular complexity index is 845. The molecule has 0 spiro atoms. The van der Waals surface area contributed by atoms with E-state index in [1.807, 2.05) is 0 Å². The van der Waals surface area contributed by atoms with E-state index in [1.165, 1.54) is 12.1 Å². The van der Waals surface area contributed by atoms with Gasteiger partial charge in [-0.1, -0.05) is 24.3 Å². The van der Waals surface area contributed by atoms with Crippen molar-refractivity contribution in [1.29, 1.82) is 0 Å². The van der Waals surface area contributed by atoms with Gasteiger partial charge >= 0.3 is 0 Å². The molecule has 2 aromatic rings. The number of halogens is 1. The van der Waals surface area contributed by atoms with E-state index in [1.54, 1.807) is 50.4 Å². The van der Waals surface area contributed by atoms with Crippen LogP contribution in [0, 0.1) is 6.92 Å². The normalized spacial score (nSPS) is 10.7. The molecule has 27 heavy (non-hydrogen) atoms. The number of sulfonamides is 1. The number of carbonyl (C=O) groups excluding carboxylic acids is 1. The van der Waals surface area contributed by atoms with Crippen LogP contribution in [0.3, 0.4) is 0 Å². The fraction of sp³-hybridized carbons (Fsp3) is 0.278. The van der Waals surface area contributed by atoms with E-state index in [9.17, 15) is 13.2 Å². The zero-order valence-corrected chi connectivity index (χ0v) is 16.8. The van der Waals surface area contributed by atoms with E-state index in [0.29, 0.717) is 24.5 Å². The van der Waals surface area contributed by atoms with Gasteiger partial charge in [-0.2, -0.15) is 0 Å². The van der Waals surface area contributed by atoms with Crippen molar-refractivity contribution in [3.8, 4) is 0 Å². The zero-order chi connectivity index (χ0) is 19.0. The van der Waals surface area contributed by atoms with Crippen LogP contribution in [0.5, 0.6) is 0 Å². The van der Waals surface area contributed by atoms with E-state index >= 15 is 0 Å². The summed E-state index contributed by atoms with van der Waals surface area (Å²) in [6, 6.07) is 13.2. The Kier molecular flexibility index (Phi) is 9.23. The Labute approximate surface area is 166 Å². The van der Waals surface area contributed by atoms with Crippen molar-refractivity contribution >= 4 is 39.7 Å². The summed E-state index contributed by atoms with van der Waals surface area (Å²) in [6.45, 7) is 3.02. The molecule has 3 N–H and O–H groups in total. The lowest BCUT2D eigenvalue weighted by Gasteiger charge is -2.13. The summed E-state index contributed by atoms with van der Waals surface area (Å²) in [5.41, 5.74) is 1.68. The molecule has 0 aliphatic heterocycles. The van der Waals surface area contributed by atoms with Gasteiger partial charge in [0.05, 0.1) is 23.7 Å². The molecule has 0 aromatic heterocycles. The average Bonchev–Trinajstić information content (AvgIpc) is 2.62. The SMILES string of the molecule is COCCNCC(=O)Nc1ccc(C)c(NS(=O)(=O)c2ccccc2)c1.Cl. The van der Waals surface area contributed by atoms with Gasteiger partial charge in [-0.3, -0.25) is 9.52 Å². The van der Waals surface area contributed by atoms with Gasteiger partial charge in [-0.05, 0) is 36.8 Å². The minimum absolute atomic E-state index is 0. The number of hydrogen-bond acceptors (Lipinski definition) is 5. The zero-order valence-electron chi connectivity index (χ0n) is 15.2. The van der Waals surface area contributed by atoms with Gasteiger partial charge in [0.15, 0.2) is 0 Å². The highest BCUT2D eigenvalue weighted by molar-refractivity contribution is 7.92. The molecule has 0 atom stereocenters. The summed E-state index contributed by atoms with van der Waals surface area (Å²) < 4.78 is 32.4. The van der Waals surface area contributed by atoms with Crippen LogP contribution in [-0.4, -0.2) is 41.1 Å². The van der Waals surface area contributed by atoms with E-state index in [-0.39, 0.29) is 29.8 Å². The fourth-order valence-electron chi connectivity index (χ4n) is 2.19. The standard InChI is InChI=1S/C18H23N3O4S.ClH/c1-14-8-9-15(20-18(22)13-19-10-11-25-2)12-17(14)21-26(23,24)16-6-4-3-5-7-16;/h3-9,12,19,21H,10-11,13H2,1-2H3,(H,20,22);1H. The quantitative estimate of drug-likeness (QED) is 0.548. The Morgan fingerprint density at radius 2 is 1.81 bits per heavy atom. The summed E-state index contributed by atoms with van der Waals surface area (Å²) in [6.07, 6.45) is 0. The molecule has 0 heterocycles. The number of anilines is 2. The van der Waals surface area contributed by atoms with Crippen LogP contribution in [0.15, 0.2) is 53.4 Å². The lowest BCUT2D eigenvalue weighted by Crippen LogP contribution is -2.30. The van der Waals surface area contributed by atoms with Crippen LogP contribution < -0.4 is 15.4 Å². The van der Waals surface area contributed by atoms with Gasteiger partial charge in [0.25, 0.3) is 10.0 Å². The molecule has 148 valence electrons. The number of aryl methyl sites for hydroxylation is 1. The highest BCUT2D eigenvalue weighted by Crippen LogP contribution is 2.23. The number of carbonyl (C=O) groups is 1. The number of hydrogen-bond donors (Lipinski definition) is 3. The molecule has 2 aromatic carbocycles. The highest BCUT2D eigenvalue weighted by Gasteiger charge is 2.15. The van der Waals surface area contributed by atoms with Crippen LogP contribution in [0.4, 0.5) is 11.4 Å². The third-order valence-corrected chi connectivity index (χ3v) is 4.97. The molecule has 0 aliphatic rings. The second-order valence-corrected chi connectivity index (χ2v) is 7.35. The Balaban J connectivity index is 0.00000364. The third-order valence-electron chi connectivity index (χ3n) is 3.59. The van der Waals surface area contributed by atoms with E-state index < -0.39 is 10.0 Å². The average molecular weight is 414 g/mol. The second kappa shape index (κ2) is 10.9. The maximum Gasteiger partial charge on any atom is 0.261 e. The first kappa shape index (κ1) is 22.9. The van der Waals surface area contributed by atoms with Crippen LogP contribution in [-0.2, 0) is 19.6 Å². The lowest BCUT2D eigenvalue weighted by molar-refractivity contribution is -0.115. The first-order valence-electron chi connectivity index (χ1n) is 8.10. The molecular formula is C18H24ClN3O4S. The van der Waals surface area contributed by atoms with Crippen LogP contribution in [0.1, 0.15) is 5.56 Å². The molecule has 2 rings (SSSR count). The van der Waals surface area contributed by atoms with Crippen molar-refractivity contribution < 1.29 is 17.9 Å². The number of methoxy groups -OCH3 is 1. The Hall–Kier alpha value is -2.13. The van der Waals surface area contributed by atoms with Crippen LogP contribution in [0.2, 0.25) is 0 Å². The van der Waals surface area contributed by atoms with Crippen LogP contribution in [0.25, 0.3) is 0 Å². The van der Waals surface area contributed by atoms with Gasteiger partial charge in [0.2, 0.25) is 5.91 Å². The first-order chi connectivity index (χ1) is 12.4. The molecular weight excluding hydrogens is 390 g/mol. The fourth-order valence-corrected chi connectivity index (χ4v) is 3.34. The minimum Gasteiger partial charge on any atom is -0.383 e. The van der Waals surface area contributed by atoms with Crippen molar-refractivity contribution in [2.24, 2.45) is 0 Å². The number of rotatable bonds is 9. The summed E-state index contributed by atoms with van der Waals surface area (Å²) >= 11 is 0. The van der Waals surface area contributed by atoms with Crippen molar-refractivity contribution in [2.45, 2.75) is 11.8 Å². The molecule has 0 fully saturated rings. The van der Waals surface area contributed by atoms with Gasteiger partial charge in [-0.15, -0.1) is 12.4 Å². The summed E-state index contributed by atoms with van der Waals surface area (Å²) in [5, 5.41) is 5.68. The van der Waals surface area contributed by atoms with Gasteiger partial charge in [0.1, 0.15) is 0 Å². The molecule has 0 saturated carbocycles. The summed E-state index contributed by atoms with van der Waals surface area (Å²) in [4.78, 5) is 12.1. The van der Waals surface area contributed by atoms with Gasteiger partial charge in [-0.25, -0.2) is 8.42 Å². The predicted molar refractivity (Wildman–Crippen MR) is 109 cm³/mol. The molecule has 1 amide bonds. The third kappa shape index (κ3) is 7.18. The van der Waals surface area contributed by atoms with E-state index in [0.717, 1.165) is 5.56 Å². The molecule has 0 unspecified atom stereocenters. The van der Waals surface area contributed by atoms with Gasteiger partial charge in [0, 0.05) is 19.3 Å². The lowest BCUT2D eigenvalue weighted by atomic mass is 10.2. The molecule has 0 saturated heterocycles. The summed E-state index contributed by atoms with van der Waals surface area (Å²) in [7, 11) is -2.10. The van der Waals surface area contributed by atoms with Crippen molar-refractivity contribution in [2.75, 3.05) is 36.8 Å². The number of nitrogens with one attached hydrogen (secondary N) is 3. The highest BCUT2D eigenvalue weighted by atomic mass is 35.5. The molecule has 7 nitrogen and oxygen atoms in total. The minimum atomic E-state index is -3.69.